The van der Waals surface area contributed by atoms with Gasteiger partial charge in [0.05, 0.1) is 38.1 Å². The van der Waals surface area contributed by atoms with Gasteiger partial charge in [0.1, 0.15) is 11.5 Å². The number of carbonyl (C=O) groups excluding carboxylic acids is 1. The average molecular weight is 421 g/mol. The van der Waals surface area contributed by atoms with Gasteiger partial charge in [-0.25, -0.2) is 9.67 Å². The third-order valence-electron chi connectivity index (χ3n) is 6.66. The van der Waals surface area contributed by atoms with E-state index in [0.717, 1.165) is 53.8 Å². The predicted molar refractivity (Wildman–Crippen MR) is 118 cm³/mol. The molecule has 162 valence electrons. The maximum Gasteiger partial charge on any atom is 0.255 e. The number of pyridine rings is 1. The Balaban J connectivity index is 1.45. The van der Waals surface area contributed by atoms with Crippen molar-refractivity contribution in [2.75, 3.05) is 20.8 Å². The van der Waals surface area contributed by atoms with Crippen molar-refractivity contribution in [3.05, 3.63) is 47.8 Å². The van der Waals surface area contributed by atoms with Crippen LogP contribution in [0.1, 0.15) is 66.5 Å². The molecule has 1 atom stereocenters. The summed E-state index contributed by atoms with van der Waals surface area (Å²) in [7, 11) is 3.31. The minimum Gasteiger partial charge on any atom is -0.497 e. The number of fused-ring (bicyclic) bond motifs is 1. The monoisotopic (exact) mass is 420 g/mol. The largest absolute Gasteiger partial charge is 0.497 e. The number of methoxy groups -OCH3 is 2. The summed E-state index contributed by atoms with van der Waals surface area (Å²) in [6.07, 6.45) is 10.2. The maximum atomic E-state index is 13.5. The summed E-state index contributed by atoms with van der Waals surface area (Å²) in [4.78, 5) is 20.1. The van der Waals surface area contributed by atoms with Gasteiger partial charge in [0, 0.05) is 23.7 Å². The lowest BCUT2D eigenvalue weighted by Crippen LogP contribution is -2.30. The molecule has 1 saturated carbocycles. The van der Waals surface area contributed by atoms with Gasteiger partial charge in [-0.3, -0.25) is 4.79 Å². The van der Waals surface area contributed by atoms with E-state index in [4.69, 9.17) is 9.47 Å². The normalized spacial score (nSPS) is 19.3. The lowest BCUT2D eigenvalue weighted by atomic mass is 10.0. The van der Waals surface area contributed by atoms with E-state index in [2.05, 4.69) is 10.1 Å². The summed E-state index contributed by atoms with van der Waals surface area (Å²) in [6.45, 7) is 0.712. The molecule has 2 fully saturated rings. The first kappa shape index (κ1) is 19.8. The Bertz CT molecular complexity index is 1100. The highest BCUT2D eigenvalue weighted by Crippen LogP contribution is 2.40. The zero-order chi connectivity index (χ0) is 21.4. The molecule has 0 radical (unpaired) electrons. The smallest absolute Gasteiger partial charge is 0.255 e. The van der Waals surface area contributed by atoms with Crippen molar-refractivity contribution < 1.29 is 14.3 Å². The molecule has 7 heteroatoms. The summed E-state index contributed by atoms with van der Waals surface area (Å²) in [5, 5.41) is 5.50. The Kier molecular flexibility index (Phi) is 5.26. The number of nitrogens with zero attached hydrogens (tertiary/aromatic N) is 4. The van der Waals surface area contributed by atoms with Crippen molar-refractivity contribution in [1.82, 2.24) is 19.7 Å². The van der Waals surface area contributed by atoms with Crippen LogP contribution >= 0.6 is 0 Å². The van der Waals surface area contributed by atoms with Gasteiger partial charge in [-0.05, 0) is 49.9 Å². The summed E-state index contributed by atoms with van der Waals surface area (Å²) < 4.78 is 13.0. The Hall–Kier alpha value is -3.09. The molecule has 1 aliphatic carbocycles. The lowest BCUT2D eigenvalue weighted by molar-refractivity contribution is 0.0733. The standard InChI is InChI=1S/C24H28N4O3/c1-30-19-9-10-22(31-2)20(13-19)21-8-5-11-27(21)24(29)17-12-16-15-26-28(23(16)25-14-17)18-6-3-4-7-18/h9-10,12-15,18,21H,3-8,11H2,1-2H3. The fourth-order valence-corrected chi connectivity index (χ4v) is 5.07. The van der Waals surface area contributed by atoms with Crippen LogP contribution in [0.15, 0.2) is 36.7 Å². The molecule has 0 N–H and O–H groups in total. The number of hydrogen-bond acceptors (Lipinski definition) is 5. The van der Waals surface area contributed by atoms with Crippen LogP contribution in [0.2, 0.25) is 0 Å². The van der Waals surface area contributed by atoms with Crippen LogP contribution in [0.4, 0.5) is 0 Å². The van der Waals surface area contributed by atoms with Crippen LogP contribution in [-0.4, -0.2) is 46.3 Å². The van der Waals surface area contributed by atoms with E-state index in [1.165, 1.54) is 12.8 Å². The highest BCUT2D eigenvalue weighted by Gasteiger charge is 2.33. The number of rotatable bonds is 5. The van der Waals surface area contributed by atoms with Gasteiger partial charge in [0.25, 0.3) is 5.91 Å². The molecular formula is C24H28N4O3. The van der Waals surface area contributed by atoms with Gasteiger partial charge in [0.15, 0.2) is 5.65 Å². The third kappa shape index (κ3) is 3.52. The van der Waals surface area contributed by atoms with Crippen molar-refractivity contribution >= 4 is 16.9 Å². The van der Waals surface area contributed by atoms with E-state index >= 15 is 0 Å². The van der Waals surface area contributed by atoms with E-state index in [9.17, 15) is 4.79 Å². The molecule has 1 aromatic carbocycles. The van der Waals surface area contributed by atoms with E-state index in [1.807, 2.05) is 40.0 Å². The van der Waals surface area contributed by atoms with Gasteiger partial charge in [-0.15, -0.1) is 0 Å². The second-order valence-corrected chi connectivity index (χ2v) is 8.43. The Morgan fingerprint density at radius 3 is 2.65 bits per heavy atom. The topological polar surface area (TPSA) is 69.5 Å². The number of carbonyl (C=O) groups is 1. The summed E-state index contributed by atoms with van der Waals surface area (Å²) in [6, 6.07) is 8.07. The van der Waals surface area contributed by atoms with Crippen LogP contribution in [0.5, 0.6) is 11.5 Å². The number of hydrogen-bond donors (Lipinski definition) is 0. The molecule has 1 saturated heterocycles. The summed E-state index contributed by atoms with van der Waals surface area (Å²) in [5.41, 5.74) is 2.46. The molecular weight excluding hydrogens is 392 g/mol. The molecule has 1 amide bonds. The van der Waals surface area contributed by atoms with Gasteiger partial charge in [0.2, 0.25) is 0 Å². The SMILES string of the molecule is COc1ccc(OC)c(C2CCCN2C(=O)c2cnc3c(cnn3C3CCCC3)c2)c1. The van der Waals surface area contributed by atoms with Crippen LogP contribution < -0.4 is 9.47 Å². The second kappa shape index (κ2) is 8.21. The molecule has 2 aromatic heterocycles. The van der Waals surface area contributed by atoms with Gasteiger partial charge in [-0.1, -0.05) is 12.8 Å². The van der Waals surface area contributed by atoms with Crippen molar-refractivity contribution in [1.29, 1.82) is 0 Å². The predicted octanol–water partition coefficient (Wildman–Crippen LogP) is 4.54. The van der Waals surface area contributed by atoms with Crippen molar-refractivity contribution in [2.45, 2.75) is 50.6 Å². The molecule has 3 aromatic rings. The average Bonchev–Trinajstić information content (AvgIpc) is 3.57. The molecule has 0 spiro atoms. The molecule has 5 rings (SSSR count). The first-order valence-corrected chi connectivity index (χ1v) is 11.1. The van der Waals surface area contributed by atoms with Crippen LogP contribution in [-0.2, 0) is 0 Å². The van der Waals surface area contributed by atoms with Crippen LogP contribution in [0.25, 0.3) is 11.0 Å². The first-order valence-electron chi connectivity index (χ1n) is 11.1. The molecule has 7 nitrogen and oxygen atoms in total. The van der Waals surface area contributed by atoms with Gasteiger partial charge >= 0.3 is 0 Å². The quantitative estimate of drug-likeness (QED) is 0.606. The number of ether oxygens (including phenoxy) is 2. The minimum absolute atomic E-state index is 0.00427. The molecule has 1 aliphatic heterocycles. The molecule has 31 heavy (non-hydrogen) atoms. The molecule has 1 unspecified atom stereocenters. The summed E-state index contributed by atoms with van der Waals surface area (Å²) in [5.74, 6) is 1.53. The van der Waals surface area contributed by atoms with Gasteiger partial charge in [-0.2, -0.15) is 5.10 Å². The highest BCUT2D eigenvalue weighted by atomic mass is 16.5. The van der Waals surface area contributed by atoms with Crippen molar-refractivity contribution in [3.8, 4) is 11.5 Å². The van der Waals surface area contributed by atoms with Gasteiger partial charge < -0.3 is 14.4 Å². The van der Waals surface area contributed by atoms with Crippen molar-refractivity contribution in [3.63, 3.8) is 0 Å². The zero-order valence-corrected chi connectivity index (χ0v) is 18.1. The maximum absolute atomic E-state index is 13.5. The summed E-state index contributed by atoms with van der Waals surface area (Å²) >= 11 is 0. The Morgan fingerprint density at radius 2 is 1.87 bits per heavy atom. The highest BCUT2D eigenvalue weighted by molar-refractivity contribution is 5.97. The van der Waals surface area contributed by atoms with Crippen LogP contribution in [0.3, 0.4) is 0 Å². The fourth-order valence-electron chi connectivity index (χ4n) is 5.07. The number of amides is 1. The number of likely N-dealkylation sites (tertiary alicyclic amines) is 1. The molecule has 2 aliphatic rings. The minimum atomic E-state index is -0.0468. The molecule has 3 heterocycles. The first-order chi connectivity index (χ1) is 15.2. The third-order valence-corrected chi connectivity index (χ3v) is 6.66. The Morgan fingerprint density at radius 1 is 1.03 bits per heavy atom. The van der Waals surface area contributed by atoms with E-state index in [1.54, 1.807) is 20.4 Å². The fraction of sp³-hybridized carbons (Fsp3) is 0.458. The number of aromatic nitrogens is 3. The molecule has 0 bridgehead atoms. The van der Waals surface area contributed by atoms with Crippen molar-refractivity contribution in [2.24, 2.45) is 0 Å². The van der Waals surface area contributed by atoms with E-state index in [-0.39, 0.29) is 11.9 Å². The lowest BCUT2D eigenvalue weighted by Gasteiger charge is -2.26. The second-order valence-electron chi connectivity index (χ2n) is 8.43. The van der Waals surface area contributed by atoms with E-state index in [0.29, 0.717) is 18.2 Å². The zero-order valence-electron chi connectivity index (χ0n) is 18.1. The Labute approximate surface area is 182 Å². The number of benzene rings is 1. The van der Waals surface area contributed by atoms with Crippen LogP contribution in [0, 0.1) is 0 Å². The van der Waals surface area contributed by atoms with E-state index < -0.39 is 0 Å².